The number of Topliss-reactive ketones (excluding diaryl/α,β-unsaturated/α-hetero) is 1. The van der Waals surface area contributed by atoms with Crippen molar-refractivity contribution in [3.8, 4) is 0 Å². The molecule has 1 saturated carbocycles. The van der Waals surface area contributed by atoms with Crippen molar-refractivity contribution >= 4 is 5.78 Å². The quantitative estimate of drug-likeness (QED) is 0.648. The average Bonchev–Trinajstić information content (AvgIpc) is 2.85. The highest BCUT2D eigenvalue weighted by atomic mass is 16.1. The number of hydrogen-bond donors (Lipinski definition) is 0. The highest BCUT2D eigenvalue weighted by Crippen LogP contribution is 2.53. The molecule has 1 aliphatic carbocycles. The van der Waals surface area contributed by atoms with Gasteiger partial charge in [0.1, 0.15) is 5.78 Å². The van der Waals surface area contributed by atoms with Gasteiger partial charge in [0.05, 0.1) is 0 Å². The van der Waals surface area contributed by atoms with Crippen LogP contribution in [0.5, 0.6) is 0 Å². The largest absolute Gasteiger partial charge is 0.302 e. The summed E-state index contributed by atoms with van der Waals surface area (Å²) in [7, 11) is 2.17. The van der Waals surface area contributed by atoms with Gasteiger partial charge in [-0.15, -0.1) is 0 Å². The first-order valence-electron chi connectivity index (χ1n) is 5.38. The normalized spacial score (nSPS) is 32.9. The van der Waals surface area contributed by atoms with Gasteiger partial charge in [-0.25, -0.2) is 0 Å². The Morgan fingerprint density at radius 1 is 1.38 bits per heavy atom. The van der Waals surface area contributed by atoms with Crippen LogP contribution in [0.4, 0.5) is 0 Å². The Balaban J connectivity index is 2.10. The Morgan fingerprint density at radius 3 is 2.54 bits per heavy atom. The smallest absolute Gasteiger partial charge is 0.137 e. The third kappa shape index (κ3) is 1.41. The van der Waals surface area contributed by atoms with Gasteiger partial charge in [-0.05, 0) is 46.2 Å². The zero-order valence-electron chi connectivity index (χ0n) is 8.68. The first-order valence-corrected chi connectivity index (χ1v) is 5.38. The first-order chi connectivity index (χ1) is 6.17. The van der Waals surface area contributed by atoms with Crippen LogP contribution in [0.2, 0.25) is 0 Å². The number of likely N-dealkylation sites (tertiary alicyclic amines) is 1. The fourth-order valence-electron chi connectivity index (χ4n) is 2.83. The fraction of sp³-hybridized carbons (Fsp3) is 0.909. The molecule has 0 aromatic heterocycles. The van der Waals surface area contributed by atoms with E-state index >= 15 is 0 Å². The lowest BCUT2D eigenvalue weighted by molar-refractivity contribution is -0.125. The Bertz CT molecular complexity index is 220. The van der Waals surface area contributed by atoms with Crippen LogP contribution in [0, 0.1) is 5.41 Å². The summed E-state index contributed by atoms with van der Waals surface area (Å²) in [6.45, 7) is 2.95. The van der Waals surface area contributed by atoms with Gasteiger partial charge in [0.2, 0.25) is 0 Å². The minimum Gasteiger partial charge on any atom is -0.302 e. The SMILES string of the molecule is CC(=O)C1(C2CCCCN2C)CC1. The van der Waals surface area contributed by atoms with Crippen molar-refractivity contribution in [3.05, 3.63) is 0 Å². The summed E-state index contributed by atoms with van der Waals surface area (Å²) < 4.78 is 0. The summed E-state index contributed by atoms with van der Waals surface area (Å²) in [5.74, 6) is 0.422. The van der Waals surface area contributed by atoms with Crippen LogP contribution >= 0.6 is 0 Å². The van der Waals surface area contributed by atoms with Gasteiger partial charge < -0.3 is 4.90 Å². The molecule has 1 heterocycles. The maximum absolute atomic E-state index is 11.5. The summed E-state index contributed by atoms with van der Waals surface area (Å²) in [4.78, 5) is 13.9. The maximum atomic E-state index is 11.5. The van der Waals surface area contributed by atoms with Gasteiger partial charge in [0.25, 0.3) is 0 Å². The highest BCUT2D eigenvalue weighted by Gasteiger charge is 2.54. The van der Waals surface area contributed by atoms with Gasteiger partial charge >= 0.3 is 0 Å². The molecule has 0 bridgehead atoms. The van der Waals surface area contributed by atoms with Crippen LogP contribution in [0.1, 0.15) is 39.0 Å². The highest BCUT2D eigenvalue weighted by molar-refractivity contribution is 5.85. The van der Waals surface area contributed by atoms with Crippen LogP contribution in [0.15, 0.2) is 0 Å². The van der Waals surface area contributed by atoms with Crippen molar-refractivity contribution in [2.45, 2.75) is 45.1 Å². The molecule has 74 valence electrons. The molecule has 1 saturated heterocycles. The van der Waals surface area contributed by atoms with Crippen molar-refractivity contribution in [1.29, 1.82) is 0 Å². The second kappa shape index (κ2) is 3.09. The number of piperidine rings is 1. The van der Waals surface area contributed by atoms with Crippen LogP contribution in [-0.2, 0) is 4.79 Å². The third-order valence-corrected chi connectivity index (χ3v) is 3.90. The second-order valence-corrected chi connectivity index (χ2v) is 4.70. The predicted molar refractivity (Wildman–Crippen MR) is 52.6 cm³/mol. The van der Waals surface area contributed by atoms with Gasteiger partial charge in [-0.1, -0.05) is 6.42 Å². The molecule has 0 amide bonds. The monoisotopic (exact) mass is 181 g/mol. The molecule has 2 nitrogen and oxygen atoms in total. The van der Waals surface area contributed by atoms with E-state index in [-0.39, 0.29) is 5.41 Å². The average molecular weight is 181 g/mol. The van der Waals surface area contributed by atoms with E-state index in [1.54, 1.807) is 6.92 Å². The molecule has 0 aromatic carbocycles. The summed E-state index contributed by atoms with van der Waals surface area (Å²) >= 11 is 0. The number of nitrogens with zero attached hydrogens (tertiary/aromatic N) is 1. The van der Waals surface area contributed by atoms with E-state index in [0.717, 1.165) is 12.8 Å². The lowest BCUT2D eigenvalue weighted by Gasteiger charge is -2.37. The van der Waals surface area contributed by atoms with E-state index in [9.17, 15) is 4.79 Å². The maximum Gasteiger partial charge on any atom is 0.137 e. The van der Waals surface area contributed by atoms with E-state index in [2.05, 4.69) is 11.9 Å². The van der Waals surface area contributed by atoms with Crippen molar-refractivity contribution in [3.63, 3.8) is 0 Å². The summed E-state index contributed by atoms with van der Waals surface area (Å²) in [6, 6.07) is 0.554. The molecule has 2 heteroatoms. The molecule has 0 spiro atoms. The van der Waals surface area contributed by atoms with Gasteiger partial charge in [-0.2, -0.15) is 0 Å². The van der Waals surface area contributed by atoms with E-state index in [0.29, 0.717) is 11.8 Å². The second-order valence-electron chi connectivity index (χ2n) is 4.70. The molecule has 2 rings (SSSR count). The van der Waals surface area contributed by atoms with Gasteiger partial charge in [0, 0.05) is 11.5 Å². The molecular weight excluding hydrogens is 162 g/mol. The standard InChI is InChI=1S/C11H19NO/c1-9(13)11(6-7-11)10-5-3-4-8-12(10)2/h10H,3-8H2,1-2H3. The van der Waals surface area contributed by atoms with Crippen molar-refractivity contribution < 1.29 is 4.79 Å². The first kappa shape index (κ1) is 9.20. The number of hydrogen-bond acceptors (Lipinski definition) is 2. The predicted octanol–water partition coefficient (Wildman–Crippen LogP) is 1.84. The minimum atomic E-state index is 0.0785. The third-order valence-electron chi connectivity index (χ3n) is 3.90. The van der Waals surface area contributed by atoms with Crippen molar-refractivity contribution in [2.75, 3.05) is 13.6 Å². The topological polar surface area (TPSA) is 20.3 Å². The zero-order valence-corrected chi connectivity index (χ0v) is 8.68. The molecule has 13 heavy (non-hydrogen) atoms. The lowest BCUT2D eigenvalue weighted by atomic mass is 9.85. The number of ketones is 1. The molecule has 1 aliphatic heterocycles. The summed E-state index contributed by atoms with van der Waals surface area (Å²) in [5.41, 5.74) is 0.0785. The molecule has 2 fully saturated rings. The molecule has 0 radical (unpaired) electrons. The van der Waals surface area contributed by atoms with Crippen molar-refractivity contribution in [2.24, 2.45) is 5.41 Å². The van der Waals surface area contributed by atoms with Gasteiger partial charge in [-0.3, -0.25) is 4.79 Å². The molecule has 1 unspecified atom stereocenters. The summed E-state index contributed by atoms with van der Waals surface area (Å²) in [6.07, 6.45) is 6.12. The van der Waals surface area contributed by atoms with E-state index in [1.807, 2.05) is 0 Å². The Labute approximate surface area is 80.3 Å². The molecule has 0 N–H and O–H groups in total. The number of carbonyl (C=O) groups is 1. The zero-order chi connectivity index (χ0) is 9.47. The van der Waals surface area contributed by atoms with E-state index in [1.165, 1.54) is 25.8 Å². The molecule has 2 aliphatic rings. The fourth-order valence-corrected chi connectivity index (χ4v) is 2.83. The molecule has 0 aromatic rings. The van der Waals surface area contributed by atoms with Crippen LogP contribution in [0.25, 0.3) is 0 Å². The Kier molecular flexibility index (Phi) is 2.18. The van der Waals surface area contributed by atoms with Crippen LogP contribution in [-0.4, -0.2) is 30.3 Å². The van der Waals surface area contributed by atoms with E-state index < -0.39 is 0 Å². The number of carbonyl (C=O) groups excluding carboxylic acids is 1. The summed E-state index contributed by atoms with van der Waals surface area (Å²) in [5, 5.41) is 0. The Morgan fingerprint density at radius 2 is 2.08 bits per heavy atom. The van der Waals surface area contributed by atoms with Gasteiger partial charge in [0.15, 0.2) is 0 Å². The number of rotatable bonds is 2. The van der Waals surface area contributed by atoms with E-state index in [4.69, 9.17) is 0 Å². The van der Waals surface area contributed by atoms with Crippen LogP contribution in [0.3, 0.4) is 0 Å². The molecular formula is C11H19NO. The van der Waals surface area contributed by atoms with Crippen molar-refractivity contribution in [1.82, 2.24) is 4.90 Å². The molecule has 1 atom stereocenters. The minimum absolute atomic E-state index is 0.0785. The van der Waals surface area contributed by atoms with Crippen LogP contribution < -0.4 is 0 Å². The Hall–Kier alpha value is -0.370. The lowest BCUT2D eigenvalue weighted by Crippen LogP contribution is -2.45.